The van der Waals surface area contributed by atoms with Crippen molar-refractivity contribution in [3.63, 3.8) is 0 Å². The maximum Gasteiger partial charge on any atom is 0.126 e. The van der Waals surface area contributed by atoms with Crippen molar-refractivity contribution in [3.05, 3.63) is 70.2 Å². The molecule has 100 valence electrons. The van der Waals surface area contributed by atoms with Crippen molar-refractivity contribution in [2.45, 2.75) is 18.9 Å². The van der Waals surface area contributed by atoms with Crippen molar-refractivity contribution in [2.75, 3.05) is 0 Å². The highest BCUT2D eigenvalue weighted by Gasteiger charge is 2.11. The summed E-state index contributed by atoms with van der Waals surface area (Å²) < 4.78 is 26.6. The van der Waals surface area contributed by atoms with Crippen LogP contribution in [-0.4, -0.2) is 6.04 Å². The van der Waals surface area contributed by atoms with Crippen LogP contribution in [0.4, 0.5) is 8.78 Å². The largest absolute Gasteiger partial charge is 0.327 e. The Kier molecular flexibility index (Phi) is 4.51. The minimum atomic E-state index is -0.457. The Balaban J connectivity index is 2.07. The average molecular weight is 282 g/mol. The Labute approximate surface area is 116 Å². The van der Waals surface area contributed by atoms with Crippen molar-refractivity contribution in [1.29, 1.82) is 0 Å². The number of hydrogen-bond donors (Lipinski definition) is 1. The van der Waals surface area contributed by atoms with Crippen LogP contribution in [0, 0.1) is 11.6 Å². The Hall–Kier alpha value is -1.45. The van der Waals surface area contributed by atoms with Crippen molar-refractivity contribution < 1.29 is 8.78 Å². The summed E-state index contributed by atoms with van der Waals surface area (Å²) in [6.07, 6.45) is 0.796. The Morgan fingerprint density at radius 1 is 1.00 bits per heavy atom. The number of nitrogens with two attached hydrogens (primary N) is 1. The van der Waals surface area contributed by atoms with Crippen LogP contribution in [-0.2, 0) is 12.8 Å². The summed E-state index contributed by atoms with van der Waals surface area (Å²) in [5.74, 6) is -0.891. The molecule has 4 heteroatoms. The summed E-state index contributed by atoms with van der Waals surface area (Å²) in [4.78, 5) is 0. The SMILES string of the molecule is NC(Cc1cc(F)ccc1F)Cc1ccccc1Cl. The fourth-order valence-electron chi connectivity index (χ4n) is 2.00. The molecule has 0 heterocycles. The summed E-state index contributed by atoms with van der Waals surface area (Å²) in [5, 5.41) is 0.637. The normalized spacial score (nSPS) is 12.4. The monoisotopic (exact) mass is 281 g/mol. The zero-order chi connectivity index (χ0) is 13.8. The van der Waals surface area contributed by atoms with Gasteiger partial charge in [0.05, 0.1) is 0 Å². The maximum atomic E-state index is 13.5. The first-order valence-corrected chi connectivity index (χ1v) is 6.37. The molecule has 1 nitrogen and oxygen atoms in total. The molecular weight excluding hydrogens is 268 g/mol. The highest BCUT2D eigenvalue weighted by atomic mass is 35.5. The molecule has 0 aliphatic carbocycles. The maximum absolute atomic E-state index is 13.5. The van der Waals surface area contributed by atoms with E-state index in [1.807, 2.05) is 18.2 Å². The van der Waals surface area contributed by atoms with Crippen LogP contribution in [0.3, 0.4) is 0 Å². The zero-order valence-electron chi connectivity index (χ0n) is 10.2. The molecule has 0 aliphatic heterocycles. The van der Waals surface area contributed by atoms with Gasteiger partial charge < -0.3 is 5.73 Å². The van der Waals surface area contributed by atoms with E-state index >= 15 is 0 Å². The van der Waals surface area contributed by atoms with Crippen LogP contribution in [0.1, 0.15) is 11.1 Å². The molecule has 1 unspecified atom stereocenters. The molecule has 0 aliphatic rings. The van der Waals surface area contributed by atoms with E-state index in [1.54, 1.807) is 6.07 Å². The van der Waals surface area contributed by atoms with Gasteiger partial charge in [0.15, 0.2) is 0 Å². The van der Waals surface area contributed by atoms with E-state index in [-0.39, 0.29) is 12.5 Å². The van der Waals surface area contributed by atoms with Crippen LogP contribution in [0.2, 0.25) is 5.02 Å². The van der Waals surface area contributed by atoms with Gasteiger partial charge in [-0.15, -0.1) is 0 Å². The van der Waals surface area contributed by atoms with Crippen LogP contribution in [0.5, 0.6) is 0 Å². The van der Waals surface area contributed by atoms with Gasteiger partial charge in [-0.3, -0.25) is 0 Å². The molecule has 0 amide bonds. The van der Waals surface area contributed by atoms with E-state index < -0.39 is 11.6 Å². The van der Waals surface area contributed by atoms with Gasteiger partial charge in [0, 0.05) is 11.1 Å². The predicted molar refractivity (Wildman–Crippen MR) is 73.2 cm³/mol. The van der Waals surface area contributed by atoms with Crippen molar-refractivity contribution in [1.82, 2.24) is 0 Å². The summed E-state index contributed by atoms with van der Waals surface area (Å²) in [6.45, 7) is 0. The number of hydrogen-bond acceptors (Lipinski definition) is 1. The molecule has 2 N–H and O–H groups in total. The van der Waals surface area contributed by atoms with Gasteiger partial charge >= 0.3 is 0 Å². The first-order chi connectivity index (χ1) is 9.06. The molecule has 0 fully saturated rings. The molecule has 2 aromatic carbocycles. The lowest BCUT2D eigenvalue weighted by Gasteiger charge is -2.13. The minimum absolute atomic E-state index is 0.273. The van der Waals surface area contributed by atoms with Crippen LogP contribution >= 0.6 is 11.6 Å². The Morgan fingerprint density at radius 3 is 2.42 bits per heavy atom. The third kappa shape index (κ3) is 3.75. The fourth-order valence-corrected chi connectivity index (χ4v) is 2.21. The summed E-state index contributed by atoms with van der Waals surface area (Å²) >= 11 is 6.04. The van der Waals surface area contributed by atoms with Crippen LogP contribution < -0.4 is 5.73 Å². The van der Waals surface area contributed by atoms with E-state index in [1.165, 1.54) is 6.07 Å². The highest BCUT2D eigenvalue weighted by molar-refractivity contribution is 6.31. The smallest absolute Gasteiger partial charge is 0.126 e. The van der Waals surface area contributed by atoms with E-state index in [0.29, 0.717) is 17.0 Å². The summed E-state index contributed by atoms with van der Waals surface area (Å²) in [5.41, 5.74) is 7.18. The Bertz CT molecular complexity index is 572. The second-order valence-electron chi connectivity index (χ2n) is 4.50. The van der Waals surface area contributed by atoms with E-state index in [4.69, 9.17) is 17.3 Å². The van der Waals surface area contributed by atoms with Crippen molar-refractivity contribution in [2.24, 2.45) is 5.73 Å². The van der Waals surface area contributed by atoms with Crippen molar-refractivity contribution in [3.8, 4) is 0 Å². The third-order valence-corrected chi connectivity index (χ3v) is 3.30. The second-order valence-corrected chi connectivity index (χ2v) is 4.90. The standard InChI is InChI=1S/C15H14ClF2N/c16-14-4-2-1-3-10(14)8-13(19)9-11-7-12(17)5-6-15(11)18/h1-7,13H,8-9,19H2. The summed E-state index contributed by atoms with van der Waals surface area (Å²) in [6, 6.07) is 10.5. The van der Waals surface area contributed by atoms with Crippen LogP contribution in [0.25, 0.3) is 0 Å². The van der Waals surface area contributed by atoms with Gasteiger partial charge in [-0.05, 0) is 48.2 Å². The summed E-state index contributed by atoms with van der Waals surface area (Å²) in [7, 11) is 0. The first-order valence-electron chi connectivity index (χ1n) is 5.99. The molecule has 0 bridgehead atoms. The zero-order valence-corrected chi connectivity index (χ0v) is 11.0. The van der Waals surface area contributed by atoms with Gasteiger partial charge in [-0.2, -0.15) is 0 Å². The minimum Gasteiger partial charge on any atom is -0.327 e. The van der Waals surface area contributed by atoms with Gasteiger partial charge in [0.2, 0.25) is 0 Å². The first kappa shape index (κ1) is 14.0. The molecule has 0 radical (unpaired) electrons. The van der Waals surface area contributed by atoms with E-state index in [2.05, 4.69) is 0 Å². The average Bonchev–Trinajstić information content (AvgIpc) is 2.37. The lowest BCUT2D eigenvalue weighted by Crippen LogP contribution is -2.26. The van der Waals surface area contributed by atoms with Gasteiger partial charge in [-0.25, -0.2) is 8.78 Å². The van der Waals surface area contributed by atoms with Crippen molar-refractivity contribution >= 4 is 11.6 Å². The highest BCUT2D eigenvalue weighted by Crippen LogP contribution is 2.18. The molecule has 0 spiro atoms. The fraction of sp³-hybridized carbons (Fsp3) is 0.200. The topological polar surface area (TPSA) is 26.0 Å². The third-order valence-electron chi connectivity index (χ3n) is 2.93. The lowest BCUT2D eigenvalue weighted by molar-refractivity contribution is 0.566. The lowest BCUT2D eigenvalue weighted by atomic mass is 9.99. The Morgan fingerprint density at radius 2 is 1.68 bits per heavy atom. The molecular formula is C15H14ClF2N. The second kappa shape index (κ2) is 6.13. The van der Waals surface area contributed by atoms with Crippen LogP contribution in [0.15, 0.2) is 42.5 Å². The molecule has 0 aromatic heterocycles. The van der Waals surface area contributed by atoms with Gasteiger partial charge in [-0.1, -0.05) is 29.8 Å². The number of rotatable bonds is 4. The molecule has 2 aromatic rings. The molecule has 19 heavy (non-hydrogen) atoms. The number of benzene rings is 2. The quantitative estimate of drug-likeness (QED) is 0.908. The predicted octanol–water partition coefficient (Wildman–Crippen LogP) is 3.73. The molecule has 0 saturated heterocycles. The van der Waals surface area contributed by atoms with Gasteiger partial charge in [0.1, 0.15) is 11.6 Å². The van der Waals surface area contributed by atoms with E-state index in [0.717, 1.165) is 17.7 Å². The molecule has 0 saturated carbocycles. The molecule has 1 atom stereocenters. The van der Waals surface area contributed by atoms with E-state index in [9.17, 15) is 8.78 Å². The van der Waals surface area contributed by atoms with Gasteiger partial charge in [0.25, 0.3) is 0 Å². The number of halogens is 3. The molecule has 2 rings (SSSR count).